The van der Waals surface area contributed by atoms with Gasteiger partial charge in [0.25, 0.3) is 0 Å². The lowest BCUT2D eigenvalue weighted by Gasteiger charge is -2.28. The van der Waals surface area contributed by atoms with Crippen molar-refractivity contribution >= 4 is 34.6 Å². The fraction of sp³-hybridized carbons (Fsp3) is 0.346. The number of ether oxygens (including phenoxy) is 1. The van der Waals surface area contributed by atoms with Gasteiger partial charge in [-0.2, -0.15) is 0 Å². The zero-order valence-electron chi connectivity index (χ0n) is 20.4. The molecule has 1 aromatic carbocycles. The molecule has 0 spiro atoms. The van der Waals surface area contributed by atoms with Crippen molar-refractivity contribution < 1.29 is 9.53 Å². The number of aromatic amines is 1. The van der Waals surface area contributed by atoms with Gasteiger partial charge in [0, 0.05) is 34.8 Å². The Morgan fingerprint density at radius 3 is 2.53 bits per heavy atom. The van der Waals surface area contributed by atoms with Crippen molar-refractivity contribution in [1.29, 1.82) is 0 Å². The maximum absolute atomic E-state index is 12.6. The summed E-state index contributed by atoms with van der Waals surface area (Å²) in [6.07, 6.45) is 1.80. The minimum Gasteiger partial charge on any atom is -0.494 e. The van der Waals surface area contributed by atoms with Gasteiger partial charge in [-0.1, -0.05) is 26.8 Å². The number of H-pyrrole nitrogens is 1. The molecular weight excluding hydrogens is 446 g/mol. The lowest BCUT2D eigenvalue weighted by Crippen LogP contribution is -2.30. The predicted octanol–water partition coefficient (Wildman–Crippen LogP) is 5.20. The molecule has 0 aliphatic carbocycles. The van der Waals surface area contributed by atoms with E-state index in [0.717, 1.165) is 28.3 Å². The summed E-state index contributed by atoms with van der Waals surface area (Å²) < 4.78 is 5.65. The highest BCUT2D eigenvalue weighted by atomic mass is 32.1. The van der Waals surface area contributed by atoms with Crippen LogP contribution in [0.15, 0.2) is 48.7 Å². The number of hydrogen-bond acceptors (Lipinski definition) is 4. The molecule has 1 fully saturated rings. The van der Waals surface area contributed by atoms with Crippen molar-refractivity contribution in [1.82, 2.24) is 15.3 Å². The fourth-order valence-electron chi connectivity index (χ4n) is 4.24. The number of amides is 1. The number of hydrogen-bond donors (Lipinski definition) is 3. The molecule has 3 heterocycles. The number of carbonyl (C=O) groups excluding carboxylic acids is 1. The minimum absolute atomic E-state index is 0.0802. The number of thiocarbonyl (C=S) groups is 1. The predicted molar refractivity (Wildman–Crippen MR) is 139 cm³/mol. The molecule has 0 saturated carbocycles. The number of benzene rings is 1. The number of nitrogens with one attached hydrogen (secondary N) is 3. The highest BCUT2D eigenvalue weighted by Gasteiger charge is 2.42. The molecule has 34 heavy (non-hydrogen) atoms. The van der Waals surface area contributed by atoms with Gasteiger partial charge >= 0.3 is 0 Å². The van der Waals surface area contributed by atoms with E-state index in [9.17, 15) is 4.79 Å². The fourth-order valence-corrected chi connectivity index (χ4v) is 4.59. The summed E-state index contributed by atoms with van der Waals surface area (Å²) in [6.45, 7) is 9.75. The number of aryl methyl sites for hydroxylation is 2. The Bertz CT molecular complexity index is 1220. The number of methoxy groups -OCH3 is 1. The first-order valence-electron chi connectivity index (χ1n) is 11.3. The number of pyridine rings is 1. The van der Waals surface area contributed by atoms with Gasteiger partial charge in [-0.05, 0) is 62.0 Å². The van der Waals surface area contributed by atoms with Crippen LogP contribution in [0.25, 0.3) is 0 Å². The third kappa shape index (κ3) is 4.50. The van der Waals surface area contributed by atoms with E-state index in [1.165, 1.54) is 0 Å². The van der Waals surface area contributed by atoms with Gasteiger partial charge < -0.3 is 25.3 Å². The van der Waals surface area contributed by atoms with Crippen molar-refractivity contribution in [3.05, 3.63) is 71.3 Å². The molecular formula is C26H31N5O2S. The second-order valence-corrected chi connectivity index (χ2v) is 10.0. The molecule has 0 radical (unpaired) electrons. The largest absolute Gasteiger partial charge is 0.494 e. The molecule has 4 rings (SSSR count). The number of carbonyl (C=O) groups is 1. The molecule has 2 unspecified atom stereocenters. The van der Waals surface area contributed by atoms with Gasteiger partial charge in [-0.3, -0.25) is 9.78 Å². The average molecular weight is 478 g/mol. The third-order valence-electron chi connectivity index (χ3n) is 6.00. The third-order valence-corrected chi connectivity index (χ3v) is 6.31. The SMILES string of the molecule is COc1cc(N2C(=S)NC(c3ccccn3)C2c2cc(C)[nH]c2C)ccc1NC(=O)C(C)(C)C. The monoisotopic (exact) mass is 477 g/mol. The average Bonchev–Trinajstić information content (AvgIpc) is 3.31. The zero-order valence-corrected chi connectivity index (χ0v) is 21.2. The van der Waals surface area contributed by atoms with E-state index in [4.69, 9.17) is 17.0 Å². The smallest absolute Gasteiger partial charge is 0.229 e. The summed E-state index contributed by atoms with van der Waals surface area (Å²) in [5.41, 5.74) is 5.19. The van der Waals surface area contributed by atoms with E-state index < -0.39 is 5.41 Å². The number of anilines is 2. The summed E-state index contributed by atoms with van der Waals surface area (Å²) >= 11 is 5.82. The maximum atomic E-state index is 12.6. The van der Waals surface area contributed by atoms with Crippen molar-refractivity contribution in [2.24, 2.45) is 5.41 Å². The molecule has 1 amide bonds. The van der Waals surface area contributed by atoms with E-state index in [1.807, 2.05) is 64.1 Å². The number of rotatable bonds is 5. The van der Waals surface area contributed by atoms with Crippen LogP contribution in [0.1, 0.15) is 55.5 Å². The van der Waals surface area contributed by atoms with Crippen LogP contribution in [0.5, 0.6) is 5.75 Å². The summed E-state index contributed by atoms with van der Waals surface area (Å²) in [6, 6.07) is 13.5. The lowest BCUT2D eigenvalue weighted by atomic mass is 9.95. The highest BCUT2D eigenvalue weighted by molar-refractivity contribution is 7.80. The van der Waals surface area contributed by atoms with E-state index >= 15 is 0 Å². The van der Waals surface area contributed by atoms with Gasteiger partial charge in [0.2, 0.25) is 5.91 Å². The van der Waals surface area contributed by atoms with Crippen LogP contribution in [0.3, 0.4) is 0 Å². The van der Waals surface area contributed by atoms with Gasteiger partial charge in [0.05, 0.1) is 30.6 Å². The van der Waals surface area contributed by atoms with Crippen LogP contribution >= 0.6 is 12.2 Å². The zero-order chi connectivity index (χ0) is 24.6. The van der Waals surface area contributed by atoms with E-state index in [1.54, 1.807) is 13.3 Å². The van der Waals surface area contributed by atoms with Crippen LogP contribution < -0.4 is 20.3 Å². The summed E-state index contributed by atoms with van der Waals surface area (Å²) in [5, 5.41) is 7.06. The van der Waals surface area contributed by atoms with E-state index in [2.05, 4.69) is 38.5 Å². The molecule has 1 aliphatic rings. The summed E-state index contributed by atoms with van der Waals surface area (Å²) in [4.78, 5) is 22.7. The van der Waals surface area contributed by atoms with Crippen LogP contribution in [0.4, 0.5) is 11.4 Å². The Balaban J connectivity index is 1.78. The second-order valence-electron chi connectivity index (χ2n) is 9.62. The molecule has 8 heteroatoms. The van der Waals surface area contributed by atoms with Crippen LogP contribution in [0.2, 0.25) is 0 Å². The molecule has 2 atom stereocenters. The minimum atomic E-state index is -0.519. The highest BCUT2D eigenvalue weighted by Crippen LogP contribution is 2.44. The molecule has 0 bridgehead atoms. The second kappa shape index (κ2) is 9.10. The lowest BCUT2D eigenvalue weighted by molar-refractivity contribution is -0.123. The van der Waals surface area contributed by atoms with Crippen LogP contribution in [-0.4, -0.2) is 28.1 Å². The molecule has 3 aromatic rings. The van der Waals surface area contributed by atoms with Gasteiger partial charge in [-0.15, -0.1) is 0 Å². The number of aromatic nitrogens is 2. The molecule has 178 valence electrons. The first kappa shape index (κ1) is 23.8. The van der Waals surface area contributed by atoms with Gasteiger partial charge in [0.15, 0.2) is 5.11 Å². The standard InChI is InChI=1S/C26H31N5O2S/c1-15-13-18(16(2)28-15)23-22(20-9-7-8-12-27-20)30-25(34)31(23)17-10-11-19(21(14-17)33-6)29-24(32)26(3,4)5/h7-14,22-23,28H,1-6H3,(H,29,32)(H,30,34). The van der Waals surface area contributed by atoms with Gasteiger partial charge in [-0.25, -0.2) is 0 Å². The Morgan fingerprint density at radius 1 is 1.18 bits per heavy atom. The van der Waals surface area contributed by atoms with Crippen molar-refractivity contribution in [2.45, 2.75) is 46.7 Å². The van der Waals surface area contributed by atoms with Crippen molar-refractivity contribution in [3.63, 3.8) is 0 Å². The Morgan fingerprint density at radius 2 is 1.94 bits per heavy atom. The summed E-state index contributed by atoms with van der Waals surface area (Å²) in [5.74, 6) is 0.489. The molecule has 3 N–H and O–H groups in total. The maximum Gasteiger partial charge on any atom is 0.229 e. The topological polar surface area (TPSA) is 82.3 Å². The van der Waals surface area contributed by atoms with Crippen molar-refractivity contribution in [3.8, 4) is 5.75 Å². The Hall–Kier alpha value is -3.39. The number of nitrogens with zero attached hydrogens (tertiary/aromatic N) is 2. The normalized spacial score (nSPS) is 18.1. The van der Waals surface area contributed by atoms with E-state index in [0.29, 0.717) is 16.5 Å². The Labute approximate surface area is 205 Å². The quantitative estimate of drug-likeness (QED) is 0.439. The molecule has 7 nitrogen and oxygen atoms in total. The van der Waals surface area contributed by atoms with E-state index in [-0.39, 0.29) is 18.0 Å². The summed E-state index contributed by atoms with van der Waals surface area (Å²) in [7, 11) is 1.60. The first-order chi connectivity index (χ1) is 16.1. The molecule has 1 aliphatic heterocycles. The van der Waals surface area contributed by atoms with Crippen LogP contribution in [-0.2, 0) is 4.79 Å². The Kier molecular flexibility index (Phi) is 6.36. The van der Waals surface area contributed by atoms with Crippen molar-refractivity contribution in [2.75, 3.05) is 17.3 Å². The van der Waals surface area contributed by atoms with Gasteiger partial charge in [0.1, 0.15) is 5.75 Å². The van der Waals surface area contributed by atoms with Crippen LogP contribution in [0, 0.1) is 19.3 Å². The molecule has 1 saturated heterocycles. The molecule has 2 aromatic heterocycles. The first-order valence-corrected chi connectivity index (χ1v) is 11.7.